The summed E-state index contributed by atoms with van der Waals surface area (Å²) in [5.74, 6) is -0.0920. The molecule has 1 aromatic heterocycles. The van der Waals surface area contributed by atoms with Crippen LogP contribution in [0.25, 0.3) is 0 Å². The van der Waals surface area contributed by atoms with Crippen LogP contribution in [0.5, 0.6) is 5.75 Å². The summed E-state index contributed by atoms with van der Waals surface area (Å²) in [7, 11) is 1.58. The first-order valence-electron chi connectivity index (χ1n) is 11.5. The zero-order valence-electron chi connectivity index (χ0n) is 19.8. The van der Waals surface area contributed by atoms with Crippen molar-refractivity contribution in [3.05, 3.63) is 74.2 Å². The third kappa shape index (κ3) is 5.32. The second-order valence-electron chi connectivity index (χ2n) is 8.68. The molecule has 2 aromatic carbocycles. The molecule has 184 valence electrons. The molecule has 0 bridgehead atoms. The Balaban J connectivity index is 1.88. The number of benzene rings is 2. The first-order valence-corrected chi connectivity index (χ1v) is 13.0. The van der Waals surface area contributed by atoms with Crippen molar-refractivity contribution in [2.45, 2.75) is 51.6 Å². The van der Waals surface area contributed by atoms with Gasteiger partial charge in [0.15, 0.2) is 5.69 Å². The molecule has 3 aromatic rings. The summed E-state index contributed by atoms with van der Waals surface area (Å²) in [6, 6.07) is 12.0. The molecule has 35 heavy (non-hydrogen) atoms. The average molecular weight is 532 g/mol. The van der Waals surface area contributed by atoms with Gasteiger partial charge in [0.1, 0.15) is 21.2 Å². The largest absolute Gasteiger partial charge is 0.497 e. The molecule has 9 heteroatoms. The Kier molecular flexibility index (Phi) is 7.99. The quantitative estimate of drug-likeness (QED) is 0.376. The third-order valence-corrected chi connectivity index (χ3v) is 8.11. The Morgan fingerprint density at radius 3 is 2.40 bits per heavy atom. The van der Waals surface area contributed by atoms with Crippen LogP contribution >= 0.6 is 34.7 Å². The molecule has 1 saturated carbocycles. The number of ether oxygens (including phenoxy) is 1. The number of hydrogen-bond acceptors (Lipinski definition) is 5. The van der Waals surface area contributed by atoms with E-state index in [-0.39, 0.29) is 27.0 Å². The standard InChI is InChI=1S/C26H27Cl2N3O3S/c1-15-7-6-10-20(16(15)2)31(26(33)22-21(27)24(28)35-30-22)23(17-11-13-19(34-3)14-12-17)25(32)29-18-8-4-5-9-18/h6-7,10-14,18,23H,4-5,8-9H2,1-3H3,(H,29,32)/t23-/m0/s1. The normalized spacial score (nSPS) is 14.5. The molecule has 0 saturated heterocycles. The number of methoxy groups -OCH3 is 1. The van der Waals surface area contributed by atoms with Crippen LogP contribution in [0, 0.1) is 13.8 Å². The fraction of sp³-hybridized carbons (Fsp3) is 0.346. The number of hydrogen-bond donors (Lipinski definition) is 1. The fourth-order valence-electron chi connectivity index (χ4n) is 4.42. The van der Waals surface area contributed by atoms with E-state index in [2.05, 4.69) is 9.69 Å². The van der Waals surface area contributed by atoms with Gasteiger partial charge in [-0.05, 0) is 73.1 Å². The summed E-state index contributed by atoms with van der Waals surface area (Å²) in [5, 5.41) is 3.26. The molecular formula is C26H27Cl2N3O3S. The van der Waals surface area contributed by atoms with E-state index in [1.165, 1.54) is 4.90 Å². The zero-order valence-corrected chi connectivity index (χ0v) is 22.1. The van der Waals surface area contributed by atoms with Gasteiger partial charge in [-0.15, -0.1) is 0 Å². The number of aryl methyl sites for hydroxylation is 1. The van der Waals surface area contributed by atoms with Gasteiger partial charge in [-0.2, -0.15) is 4.37 Å². The van der Waals surface area contributed by atoms with Gasteiger partial charge in [0, 0.05) is 11.7 Å². The molecule has 4 rings (SSSR count). The van der Waals surface area contributed by atoms with Crippen LogP contribution in [0.4, 0.5) is 5.69 Å². The summed E-state index contributed by atoms with van der Waals surface area (Å²) in [5.41, 5.74) is 3.15. The minimum Gasteiger partial charge on any atom is -0.497 e. The van der Waals surface area contributed by atoms with Gasteiger partial charge >= 0.3 is 0 Å². The number of carbonyl (C=O) groups excluding carboxylic acids is 2. The molecule has 0 radical (unpaired) electrons. The highest BCUT2D eigenvalue weighted by atomic mass is 35.5. The molecule has 6 nitrogen and oxygen atoms in total. The maximum atomic E-state index is 14.0. The maximum absolute atomic E-state index is 14.0. The van der Waals surface area contributed by atoms with E-state index in [1.807, 2.05) is 32.0 Å². The van der Waals surface area contributed by atoms with Crippen molar-refractivity contribution in [2.24, 2.45) is 0 Å². The molecule has 1 aliphatic rings. The van der Waals surface area contributed by atoms with Crippen molar-refractivity contribution >= 4 is 52.2 Å². The van der Waals surface area contributed by atoms with Crippen LogP contribution in [-0.2, 0) is 4.79 Å². The van der Waals surface area contributed by atoms with E-state index < -0.39 is 11.9 Å². The minimum absolute atomic E-state index is 0.0229. The number of anilines is 1. The van der Waals surface area contributed by atoms with Gasteiger partial charge in [-0.1, -0.05) is 60.3 Å². The number of halogens is 2. The lowest BCUT2D eigenvalue weighted by atomic mass is 9.99. The van der Waals surface area contributed by atoms with E-state index in [0.717, 1.165) is 48.3 Å². The Labute approximate surface area is 219 Å². The van der Waals surface area contributed by atoms with Crippen molar-refractivity contribution in [1.82, 2.24) is 9.69 Å². The zero-order chi connectivity index (χ0) is 25.1. The molecule has 1 fully saturated rings. The van der Waals surface area contributed by atoms with Crippen molar-refractivity contribution in [1.29, 1.82) is 0 Å². The molecule has 0 spiro atoms. The molecule has 1 aliphatic carbocycles. The van der Waals surface area contributed by atoms with Crippen LogP contribution < -0.4 is 15.0 Å². The summed E-state index contributed by atoms with van der Waals surface area (Å²) in [6.45, 7) is 3.90. The Morgan fingerprint density at radius 1 is 1.11 bits per heavy atom. The number of amides is 2. The topological polar surface area (TPSA) is 71.5 Å². The summed E-state index contributed by atoms with van der Waals surface area (Å²) < 4.78 is 9.75. The smallest absolute Gasteiger partial charge is 0.280 e. The highest BCUT2D eigenvalue weighted by Gasteiger charge is 2.37. The molecule has 0 unspecified atom stereocenters. The monoisotopic (exact) mass is 531 g/mol. The first kappa shape index (κ1) is 25.5. The van der Waals surface area contributed by atoms with E-state index in [1.54, 1.807) is 31.4 Å². The summed E-state index contributed by atoms with van der Waals surface area (Å²) >= 11 is 13.5. The van der Waals surface area contributed by atoms with Crippen LogP contribution in [0.15, 0.2) is 42.5 Å². The van der Waals surface area contributed by atoms with Crippen LogP contribution in [-0.4, -0.2) is 29.3 Å². The minimum atomic E-state index is -0.953. The molecule has 1 heterocycles. The molecule has 2 amide bonds. The lowest BCUT2D eigenvalue weighted by molar-refractivity contribution is -0.123. The predicted octanol–water partition coefficient (Wildman–Crippen LogP) is 6.52. The third-order valence-electron chi connectivity index (χ3n) is 6.49. The fourth-order valence-corrected chi connectivity index (χ4v) is 5.41. The van der Waals surface area contributed by atoms with E-state index in [9.17, 15) is 9.59 Å². The van der Waals surface area contributed by atoms with Crippen molar-refractivity contribution in [2.75, 3.05) is 12.0 Å². The van der Waals surface area contributed by atoms with Crippen molar-refractivity contribution in [3.63, 3.8) is 0 Å². The number of nitrogens with one attached hydrogen (secondary N) is 1. The SMILES string of the molecule is COc1ccc([C@@H](C(=O)NC2CCCC2)N(C(=O)c2nsc(Cl)c2Cl)c2cccc(C)c2C)cc1. The van der Waals surface area contributed by atoms with E-state index in [4.69, 9.17) is 27.9 Å². The van der Waals surface area contributed by atoms with Crippen molar-refractivity contribution in [3.8, 4) is 5.75 Å². The average Bonchev–Trinajstić information content (AvgIpc) is 3.49. The van der Waals surface area contributed by atoms with Gasteiger partial charge in [0.05, 0.1) is 7.11 Å². The molecule has 1 atom stereocenters. The van der Waals surface area contributed by atoms with Crippen molar-refractivity contribution < 1.29 is 14.3 Å². The lowest BCUT2D eigenvalue weighted by Gasteiger charge is -2.33. The van der Waals surface area contributed by atoms with Gasteiger partial charge in [0.2, 0.25) is 5.91 Å². The number of aromatic nitrogens is 1. The second kappa shape index (κ2) is 11.0. The Morgan fingerprint density at radius 2 is 1.80 bits per heavy atom. The number of carbonyl (C=O) groups is 2. The highest BCUT2D eigenvalue weighted by molar-refractivity contribution is 7.11. The van der Waals surface area contributed by atoms with Crippen LogP contribution in [0.1, 0.15) is 58.9 Å². The molecule has 1 N–H and O–H groups in total. The van der Waals surface area contributed by atoms with Gasteiger partial charge in [-0.25, -0.2) is 0 Å². The van der Waals surface area contributed by atoms with Crippen LogP contribution in [0.3, 0.4) is 0 Å². The number of rotatable bonds is 7. The van der Waals surface area contributed by atoms with E-state index >= 15 is 0 Å². The maximum Gasteiger partial charge on any atom is 0.280 e. The molecule has 0 aliphatic heterocycles. The molecular weight excluding hydrogens is 505 g/mol. The predicted molar refractivity (Wildman–Crippen MR) is 141 cm³/mol. The van der Waals surface area contributed by atoms with E-state index in [0.29, 0.717) is 17.0 Å². The van der Waals surface area contributed by atoms with Crippen LogP contribution in [0.2, 0.25) is 9.36 Å². The lowest BCUT2D eigenvalue weighted by Crippen LogP contribution is -2.46. The summed E-state index contributed by atoms with van der Waals surface area (Å²) in [4.78, 5) is 29.4. The Bertz CT molecular complexity index is 1220. The summed E-state index contributed by atoms with van der Waals surface area (Å²) in [6.07, 6.45) is 3.99. The van der Waals surface area contributed by atoms with Gasteiger partial charge < -0.3 is 10.1 Å². The Hall–Kier alpha value is -2.61. The van der Waals surface area contributed by atoms with Gasteiger partial charge in [0.25, 0.3) is 5.91 Å². The number of nitrogens with zero attached hydrogens (tertiary/aromatic N) is 2. The highest BCUT2D eigenvalue weighted by Crippen LogP contribution is 2.37. The van der Waals surface area contributed by atoms with Gasteiger partial charge in [-0.3, -0.25) is 14.5 Å². The second-order valence-corrected chi connectivity index (χ2v) is 10.4. The first-order chi connectivity index (χ1) is 16.8.